The van der Waals surface area contributed by atoms with Gasteiger partial charge < -0.3 is 4.42 Å². The Kier molecular flexibility index (Phi) is 4.22. The highest BCUT2D eigenvalue weighted by Crippen LogP contribution is 2.25. The number of thioether (sulfide) groups is 1. The predicted molar refractivity (Wildman–Crippen MR) is 83.3 cm³/mol. The summed E-state index contributed by atoms with van der Waals surface area (Å²) in [7, 11) is 0. The number of aryl methyl sites for hydroxylation is 1. The topological polar surface area (TPSA) is 51.8 Å². The monoisotopic (exact) mass is 317 g/mol. The maximum atomic E-state index is 5.86. The zero-order valence-electron chi connectivity index (χ0n) is 11.3. The molecule has 3 aromatic rings. The first-order chi connectivity index (χ1) is 10.2. The van der Waals surface area contributed by atoms with E-state index in [1.54, 1.807) is 30.1 Å². The summed E-state index contributed by atoms with van der Waals surface area (Å²) >= 11 is 7.50. The van der Waals surface area contributed by atoms with Gasteiger partial charge in [0, 0.05) is 27.4 Å². The molecule has 2 aromatic heterocycles. The van der Waals surface area contributed by atoms with E-state index < -0.39 is 0 Å². The van der Waals surface area contributed by atoms with Gasteiger partial charge in [-0.2, -0.15) is 0 Å². The molecule has 0 aliphatic carbocycles. The van der Waals surface area contributed by atoms with Crippen LogP contribution in [-0.2, 0) is 5.75 Å². The third-order valence-corrected chi connectivity index (χ3v) is 4.02. The van der Waals surface area contributed by atoms with Crippen molar-refractivity contribution >= 4 is 23.4 Å². The second-order valence-corrected chi connectivity index (χ2v) is 5.91. The summed E-state index contributed by atoms with van der Waals surface area (Å²) in [6.45, 7) is 1.97. The first-order valence-corrected chi connectivity index (χ1v) is 7.71. The number of nitrogens with zero attached hydrogens (tertiary/aromatic N) is 3. The van der Waals surface area contributed by atoms with Crippen LogP contribution in [0.1, 0.15) is 11.6 Å². The van der Waals surface area contributed by atoms with Gasteiger partial charge >= 0.3 is 0 Å². The van der Waals surface area contributed by atoms with Crippen LogP contribution < -0.4 is 0 Å². The van der Waals surface area contributed by atoms with E-state index in [0.29, 0.717) is 22.6 Å². The number of rotatable bonds is 4. The van der Waals surface area contributed by atoms with E-state index in [2.05, 4.69) is 15.2 Å². The smallest absolute Gasteiger partial charge is 0.247 e. The average molecular weight is 318 g/mol. The Labute approximate surface area is 131 Å². The maximum Gasteiger partial charge on any atom is 0.247 e. The molecule has 2 heterocycles. The number of hydrogen-bond acceptors (Lipinski definition) is 5. The minimum atomic E-state index is 0.508. The molecule has 21 heavy (non-hydrogen) atoms. The molecular weight excluding hydrogens is 306 g/mol. The van der Waals surface area contributed by atoms with E-state index in [9.17, 15) is 0 Å². The van der Waals surface area contributed by atoms with E-state index >= 15 is 0 Å². The Morgan fingerprint density at radius 3 is 2.71 bits per heavy atom. The second-order valence-electron chi connectivity index (χ2n) is 4.43. The van der Waals surface area contributed by atoms with Crippen molar-refractivity contribution in [3.05, 3.63) is 59.2 Å². The van der Waals surface area contributed by atoms with E-state index in [4.69, 9.17) is 16.0 Å². The first-order valence-electron chi connectivity index (χ1n) is 6.34. The zero-order chi connectivity index (χ0) is 14.7. The highest BCUT2D eigenvalue weighted by Gasteiger charge is 2.09. The van der Waals surface area contributed by atoms with Gasteiger partial charge in [-0.1, -0.05) is 11.6 Å². The molecule has 0 amide bonds. The molecule has 6 heteroatoms. The van der Waals surface area contributed by atoms with Crippen LogP contribution in [0, 0.1) is 6.92 Å². The van der Waals surface area contributed by atoms with Gasteiger partial charge in [0.2, 0.25) is 11.8 Å². The van der Waals surface area contributed by atoms with Crippen molar-refractivity contribution in [3.63, 3.8) is 0 Å². The average Bonchev–Trinajstić information content (AvgIpc) is 2.95. The Hall–Kier alpha value is -1.85. The quantitative estimate of drug-likeness (QED) is 0.668. The van der Waals surface area contributed by atoms with Crippen LogP contribution in [0.4, 0.5) is 0 Å². The molecule has 0 bridgehead atoms. The molecular formula is C15H12ClN3OS. The molecule has 4 nitrogen and oxygen atoms in total. The highest BCUT2D eigenvalue weighted by molar-refractivity contribution is 7.98. The lowest BCUT2D eigenvalue weighted by molar-refractivity contribution is 0.528. The van der Waals surface area contributed by atoms with Crippen molar-refractivity contribution in [2.24, 2.45) is 0 Å². The van der Waals surface area contributed by atoms with Crippen LogP contribution in [0.5, 0.6) is 0 Å². The van der Waals surface area contributed by atoms with Gasteiger partial charge in [-0.25, -0.2) is 0 Å². The largest absolute Gasteiger partial charge is 0.420 e. The molecule has 0 aliphatic rings. The Morgan fingerprint density at radius 1 is 1.14 bits per heavy atom. The Bertz CT molecular complexity index is 743. The molecule has 0 atom stereocenters. The first kappa shape index (κ1) is 14.1. The summed E-state index contributed by atoms with van der Waals surface area (Å²) in [6, 6.07) is 11.3. The summed E-state index contributed by atoms with van der Waals surface area (Å²) in [5, 5.41) is 8.81. The van der Waals surface area contributed by atoms with Crippen LogP contribution >= 0.6 is 23.4 Å². The van der Waals surface area contributed by atoms with E-state index in [0.717, 1.165) is 16.2 Å². The lowest BCUT2D eigenvalue weighted by Gasteiger charge is -1.99. The summed E-state index contributed by atoms with van der Waals surface area (Å²) in [5.41, 5.74) is 1.86. The second kappa shape index (κ2) is 6.28. The molecule has 0 aliphatic heterocycles. The third-order valence-electron chi connectivity index (χ3n) is 2.79. The molecule has 106 valence electrons. The molecule has 0 spiro atoms. The fourth-order valence-corrected chi connectivity index (χ4v) is 2.72. The Morgan fingerprint density at radius 2 is 1.95 bits per heavy atom. The summed E-state index contributed by atoms with van der Waals surface area (Å²) < 4.78 is 5.66. The minimum absolute atomic E-state index is 0.508. The van der Waals surface area contributed by atoms with Crippen LogP contribution in [0.25, 0.3) is 11.5 Å². The summed E-state index contributed by atoms with van der Waals surface area (Å²) in [4.78, 5) is 5.30. The molecule has 1 aromatic carbocycles. The molecule has 3 rings (SSSR count). The van der Waals surface area contributed by atoms with E-state index in [1.165, 1.54) is 0 Å². The summed E-state index contributed by atoms with van der Waals surface area (Å²) in [5.74, 6) is 1.73. The lowest BCUT2D eigenvalue weighted by atomic mass is 10.2. The van der Waals surface area contributed by atoms with Crippen LogP contribution in [0.2, 0.25) is 5.02 Å². The minimum Gasteiger partial charge on any atom is -0.420 e. The lowest BCUT2D eigenvalue weighted by Crippen LogP contribution is -1.83. The SMILES string of the molecule is Cc1cc(SCc2nnc(-c3ccc(Cl)cc3)o2)ccn1. The van der Waals surface area contributed by atoms with E-state index in [-0.39, 0.29) is 0 Å². The molecule has 0 fully saturated rings. The third kappa shape index (κ3) is 3.62. The molecule has 0 saturated carbocycles. The molecule has 0 N–H and O–H groups in total. The van der Waals surface area contributed by atoms with Gasteiger partial charge in [-0.15, -0.1) is 22.0 Å². The van der Waals surface area contributed by atoms with Gasteiger partial charge in [0.05, 0.1) is 5.75 Å². The molecule has 0 radical (unpaired) electrons. The standard InChI is InChI=1S/C15H12ClN3OS/c1-10-8-13(6-7-17-10)21-9-14-18-19-15(20-14)11-2-4-12(16)5-3-11/h2-8H,9H2,1H3. The maximum absolute atomic E-state index is 5.86. The summed E-state index contributed by atoms with van der Waals surface area (Å²) in [6.07, 6.45) is 1.80. The van der Waals surface area contributed by atoms with Gasteiger partial charge in [-0.3, -0.25) is 4.98 Å². The van der Waals surface area contributed by atoms with Crippen molar-refractivity contribution in [1.82, 2.24) is 15.2 Å². The fraction of sp³-hybridized carbons (Fsp3) is 0.133. The van der Waals surface area contributed by atoms with Crippen LogP contribution in [-0.4, -0.2) is 15.2 Å². The van der Waals surface area contributed by atoms with Gasteiger partial charge in [0.25, 0.3) is 0 Å². The van der Waals surface area contributed by atoms with Gasteiger partial charge in [0.15, 0.2) is 0 Å². The number of pyridine rings is 1. The molecule has 0 unspecified atom stereocenters. The number of halogens is 1. The number of benzene rings is 1. The number of aromatic nitrogens is 3. The highest BCUT2D eigenvalue weighted by atomic mass is 35.5. The van der Waals surface area contributed by atoms with Crippen molar-refractivity contribution in [3.8, 4) is 11.5 Å². The Balaban J connectivity index is 1.69. The normalized spacial score (nSPS) is 10.8. The number of hydrogen-bond donors (Lipinski definition) is 0. The fourth-order valence-electron chi connectivity index (χ4n) is 1.78. The molecule has 0 saturated heterocycles. The van der Waals surface area contributed by atoms with Crippen molar-refractivity contribution in [2.75, 3.05) is 0 Å². The van der Waals surface area contributed by atoms with Gasteiger partial charge in [-0.05, 0) is 43.3 Å². The zero-order valence-corrected chi connectivity index (χ0v) is 12.9. The van der Waals surface area contributed by atoms with E-state index in [1.807, 2.05) is 31.2 Å². The van der Waals surface area contributed by atoms with Crippen LogP contribution in [0.3, 0.4) is 0 Å². The predicted octanol–water partition coefficient (Wildman–Crippen LogP) is 4.39. The van der Waals surface area contributed by atoms with Crippen molar-refractivity contribution in [1.29, 1.82) is 0 Å². The van der Waals surface area contributed by atoms with Crippen LogP contribution in [0.15, 0.2) is 51.9 Å². The van der Waals surface area contributed by atoms with Crippen molar-refractivity contribution in [2.45, 2.75) is 17.6 Å². The van der Waals surface area contributed by atoms with Gasteiger partial charge in [0.1, 0.15) is 0 Å². The van der Waals surface area contributed by atoms with Crippen molar-refractivity contribution < 1.29 is 4.42 Å².